The van der Waals surface area contributed by atoms with Gasteiger partial charge in [-0.15, -0.1) is 0 Å². The van der Waals surface area contributed by atoms with E-state index in [2.05, 4.69) is 9.64 Å². The first kappa shape index (κ1) is 19.4. The Kier molecular flexibility index (Phi) is 6.06. The Labute approximate surface area is 150 Å². The second kappa shape index (κ2) is 8.12. The normalized spacial score (nSPS) is 21.2. The number of rotatable bonds is 5. The molecule has 3 rings (SSSR count). The van der Waals surface area contributed by atoms with Gasteiger partial charge in [-0.1, -0.05) is 0 Å². The maximum atomic E-state index is 14.2. The molecule has 0 atom stereocenters. The Morgan fingerprint density at radius 1 is 1.12 bits per heavy atom. The van der Waals surface area contributed by atoms with Crippen molar-refractivity contribution in [3.8, 4) is 5.75 Å². The molecule has 1 aromatic rings. The number of halogens is 3. The molecule has 2 aliphatic heterocycles. The van der Waals surface area contributed by atoms with Crippen molar-refractivity contribution in [1.29, 1.82) is 0 Å². The highest BCUT2D eigenvalue weighted by Gasteiger charge is 2.33. The van der Waals surface area contributed by atoms with Gasteiger partial charge in [-0.25, -0.2) is 12.8 Å². The molecule has 0 radical (unpaired) electrons. The van der Waals surface area contributed by atoms with Crippen molar-refractivity contribution in [2.45, 2.75) is 30.4 Å². The lowest BCUT2D eigenvalue weighted by Crippen LogP contribution is -2.53. The van der Waals surface area contributed by atoms with Gasteiger partial charge in [-0.2, -0.15) is 13.1 Å². The monoisotopic (exact) mass is 394 g/mol. The van der Waals surface area contributed by atoms with E-state index < -0.39 is 33.1 Å². The zero-order valence-corrected chi connectivity index (χ0v) is 14.9. The second-order valence-corrected chi connectivity index (χ2v) is 8.16. The number of nitrogens with zero attached hydrogens (tertiary/aromatic N) is 2. The number of piperazine rings is 1. The van der Waals surface area contributed by atoms with Crippen molar-refractivity contribution >= 4 is 10.0 Å². The Morgan fingerprint density at radius 3 is 2.35 bits per heavy atom. The first-order chi connectivity index (χ1) is 12.4. The molecule has 26 heavy (non-hydrogen) atoms. The fourth-order valence-corrected chi connectivity index (χ4v) is 4.83. The topological polar surface area (TPSA) is 59.1 Å². The number of ether oxygens (including phenoxy) is 2. The lowest BCUT2D eigenvalue weighted by atomic mass is 10.1. The van der Waals surface area contributed by atoms with Crippen molar-refractivity contribution in [2.24, 2.45) is 0 Å². The number of sulfonamides is 1. The van der Waals surface area contributed by atoms with Crippen molar-refractivity contribution in [2.75, 3.05) is 39.4 Å². The number of hydrogen-bond donors (Lipinski definition) is 0. The van der Waals surface area contributed by atoms with E-state index in [-0.39, 0.29) is 13.1 Å². The third-order valence-electron chi connectivity index (χ3n) is 4.73. The molecular formula is C16H21F3N2O4S. The lowest BCUT2D eigenvalue weighted by Gasteiger charge is -2.40. The van der Waals surface area contributed by atoms with Crippen LogP contribution in [0.1, 0.15) is 12.8 Å². The maximum absolute atomic E-state index is 14.2. The van der Waals surface area contributed by atoms with Gasteiger partial charge in [-0.05, 0) is 25.0 Å². The fourth-order valence-electron chi connectivity index (χ4n) is 3.37. The van der Waals surface area contributed by atoms with Gasteiger partial charge >= 0.3 is 6.61 Å². The maximum Gasteiger partial charge on any atom is 0.387 e. The molecule has 0 amide bonds. The molecule has 2 aliphatic rings. The number of benzene rings is 1. The highest BCUT2D eigenvalue weighted by Crippen LogP contribution is 2.26. The van der Waals surface area contributed by atoms with E-state index >= 15 is 0 Å². The molecule has 2 saturated heterocycles. The summed E-state index contributed by atoms with van der Waals surface area (Å²) in [5, 5.41) is 0. The van der Waals surface area contributed by atoms with Gasteiger partial charge in [0.1, 0.15) is 16.5 Å². The van der Waals surface area contributed by atoms with Crippen LogP contribution in [0.4, 0.5) is 13.2 Å². The van der Waals surface area contributed by atoms with Crippen molar-refractivity contribution in [3.63, 3.8) is 0 Å². The highest BCUT2D eigenvalue weighted by atomic mass is 32.2. The highest BCUT2D eigenvalue weighted by molar-refractivity contribution is 7.89. The van der Waals surface area contributed by atoms with Crippen LogP contribution in [-0.2, 0) is 14.8 Å². The summed E-state index contributed by atoms with van der Waals surface area (Å²) in [5.74, 6) is -1.52. The largest absolute Gasteiger partial charge is 0.435 e. The van der Waals surface area contributed by atoms with Gasteiger partial charge < -0.3 is 9.47 Å². The van der Waals surface area contributed by atoms with Crippen LogP contribution in [0.5, 0.6) is 5.75 Å². The minimum atomic E-state index is -4.03. The van der Waals surface area contributed by atoms with Crippen LogP contribution in [0, 0.1) is 5.82 Å². The molecule has 0 bridgehead atoms. The molecule has 0 saturated carbocycles. The van der Waals surface area contributed by atoms with Crippen LogP contribution < -0.4 is 4.74 Å². The molecular weight excluding hydrogens is 373 g/mol. The molecule has 146 valence electrons. The average molecular weight is 394 g/mol. The zero-order valence-electron chi connectivity index (χ0n) is 14.1. The summed E-state index contributed by atoms with van der Waals surface area (Å²) in [7, 11) is -4.03. The molecule has 0 aromatic heterocycles. The van der Waals surface area contributed by atoms with Gasteiger partial charge in [0.25, 0.3) is 0 Å². The van der Waals surface area contributed by atoms with Crippen molar-refractivity contribution in [3.05, 3.63) is 24.0 Å². The second-order valence-electron chi connectivity index (χ2n) is 6.25. The minimum absolute atomic E-state index is 0.258. The van der Waals surface area contributed by atoms with E-state index in [1.165, 1.54) is 4.31 Å². The van der Waals surface area contributed by atoms with Gasteiger partial charge in [0, 0.05) is 51.5 Å². The molecule has 0 unspecified atom stereocenters. The van der Waals surface area contributed by atoms with E-state index in [0.717, 1.165) is 25.0 Å². The molecule has 1 aromatic carbocycles. The Bertz CT molecular complexity index is 718. The zero-order chi connectivity index (χ0) is 18.7. The quantitative estimate of drug-likeness (QED) is 0.764. The molecule has 0 aliphatic carbocycles. The van der Waals surface area contributed by atoms with Gasteiger partial charge in [0.05, 0.1) is 0 Å². The smallest absolute Gasteiger partial charge is 0.387 e. The summed E-state index contributed by atoms with van der Waals surface area (Å²) in [6, 6.07) is 3.04. The third kappa shape index (κ3) is 4.30. The van der Waals surface area contributed by atoms with Crippen LogP contribution in [0.2, 0.25) is 0 Å². The van der Waals surface area contributed by atoms with Crippen molar-refractivity contribution in [1.82, 2.24) is 9.21 Å². The number of hydrogen-bond acceptors (Lipinski definition) is 5. The predicted octanol–water partition coefficient (Wildman–Crippen LogP) is 1.91. The fraction of sp³-hybridized carbons (Fsp3) is 0.625. The van der Waals surface area contributed by atoms with E-state index in [9.17, 15) is 21.6 Å². The summed E-state index contributed by atoms with van der Waals surface area (Å²) >= 11 is 0. The lowest BCUT2D eigenvalue weighted by molar-refractivity contribution is -0.0500. The first-order valence-electron chi connectivity index (χ1n) is 8.44. The summed E-state index contributed by atoms with van der Waals surface area (Å²) in [5.41, 5.74) is 0. The van der Waals surface area contributed by atoms with E-state index in [4.69, 9.17) is 4.74 Å². The Morgan fingerprint density at radius 2 is 1.77 bits per heavy atom. The predicted molar refractivity (Wildman–Crippen MR) is 87.2 cm³/mol. The molecule has 6 nitrogen and oxygen atoms in total. The van der Waals surface area contributed by atoms with Crippen LogP contribution in [0.15, 0.2) is 23.1 Å². The van der Waals surface area contributed by atoms with E-state index in [1.54, 1.807) is 0 Å². The van der Waals surface area contributed by atoms with Crippen LogP contribution in [-0.4, -0.2) is 69.7 Å². The van der Waals surface area contributed by atoms with Crippen LogP contribution >= 0.6 is 0 Å². The van der Waals surface area contributed by atoms with Gasteiger partial charge in [0.2, 0.25) is 10.0 Å². The third-order valence-corrected chi connectivity index (χ3v) is 6.66. The molecule has 0 spiro atoms. The average Bonchev–Trinajstić information content (AvgIpc) is 2.62. The standard InChI is InChI=1S/C16H21F3N2O4S/c17-14-11-13(25-16(18)19)1-2-15(14)26(22,23)21-7-5-20(6-8-21)12-3-9-24-10-4-12/h1-2,11-12,16H,3-10H2. The van der Waals surface area contributed by atoms with Gasteiger partial charge in [-0.3, -0.25) is 4.90 Å². The van der Waals surface area contributed by atoms with E-state index in [0.29, 0.717) is 38.4 Å². The summed E-state index contributed by atoms with van der Waals surface area (Å²) in [4.78, 5) is 1.71. The molecule has 2 fully saturated rings. The molecule has 0 N–H and O–H groups in total. The van der Waals surface area contributed by atoms with E-state index in [1.807, 2.05) is 0 Å². The minimum Gasteiger partial charge on any atom is -0.435 e. The molecule has 2 heterocycles. The van der Waals surface area contributed by atoms with Crippen molar-refractivity contribution < 1.29 is 31.1 Å². The van der Waals surface area contributed by atoms with Gasteiger partial charge in [0.15, 0.2) is 0 Å². The summed E-state index contributed by atoms with van der Waals surface area (Å²) in [6.45, 7) is -0.0304. The first-order valence-corrected chi connectivity index (χ1v) is 9.88. The van der Waals surface area contributed by atoms with Crippen LogP contribution in [0.3, 0.4) is 0 Å². The summed E-state index contributed by atoms with van der Waals surface area (Å²) in [6.07, 6.45) is 1.85. The Hall–Kier alpha value is -1.36. The summed E-state index contributed by atoms with van der Waals surface area (Å²) < 4.78 is 74.6. The molecule has 10 heteroatoms. The van der Waals surface area contributed by atoms with Crippen LogP contribution in [0.25, 0.3) is 0 Å². The Balaban J connectivity index is 1.67. The SMILES string of the molecule is O=S(=O)(c1ccc(OC(F)F)cc1F)N1CCN(C2CCOCC2)CC1. The number of alkyl halides is 2.